The molecule has 0 radical (unpaired) electrons. The van der Waals surface area contributed by atoms with Crippen molar-refractivity contribution < 1.29 is 9.15 Å². The first-order valence-electron chi connectivity index (χ1n) is 6.72. The Hall–Kier alpha value is -2.08. The number of hydrogen-bond acceptors (Lipinski definition) is 6. The summed E-state index contributed by atoms with van der Waals surface area (Å²) in [6, 6.07) is 8.41. The fourth-order valence-electron chi connectivity index (χ4n) is 1.84. The molecular formula is C14H20N4O2. The van der Waals surface area contributed by atoms with Gasteiger partial charge in [-0.15, -0.1) is 5.10 Å². The van der Waals surface area contributed by atoms with E-state index in [1.807, 2.05) is 31.2 Å². The largest absolute Gasteiger partial charge is 0.496 e. The van der Waals surface area contributed by atoms with E-state index in [9.17, 15) is 0 Å². The molecule has 0 saturated heterocycles. The molecule has 0 amide bonds. The highest BCUT2D eigenvalue weighted by Gasteiger charge is 2.05. The van der Waals surface area contributed by atoms with Crippen molar-refractivity contribution in [3.8, 4) is 5.75 Å². The molecule has 108 valence electrons. The second-order valence-corrected chi connectivity index (χ2v) is 4.27. The molecule has 0 bridgehead atoms. The van der Waals surface area contributed by atoms with Crippen LogP contribution in [0.1, 0.15) is 18.4 Å². The van der Waals surface area contributed by atoms with Gasteiger partial charge in [-0.05, 0) is 24.6 Å². The third-order valence-corrected chi connectivity index (χ3v) is 2.86. The first-order valence-corrected chi connectivity index (χ1v) is 6.72. The summed E-state index contributed by atoms with van der Waals surface area (Å²) in [7, 11) is 1.68. The van der Waals surface area contributed by atoms with Gasteiger partial charge in [-0.2, -0.15) is 0 Å². The van der Waals surface area contributed by atoms with E-state index in [1.165, 1.54) is 0 Å². The summed E-state index contributed by atoms with van der Waals surface area (Å²) in [5.74, 6) is 1.49. The van der Waals surface area contributed by atoms with Gasteiger partial charge in [0.2, 0.25) is 5.89 Å². The lowest BCUT2D eigenvalue weighted by Gasteiger charge is -2.07. The average Bonchev–Trinajstić information content (AvgIpc) is 2.93. The fraction of sp³-hybridized carbons (Fsp3) is 0.429. The maximum Gasteiger partial charge on any atom is 0.315 e. The van der Waals surface area contributed by atoms with Gasteiger partial charge < -0.3 is 19.8 Å². The van der Waals surface area contributed by atoms with Crippen LogP contribution in [0.5, 0.6) is 5.75 Å². The zero-order valence-corrected chi connectivity index (χ0v) is 11.8. The Labute approximate surface area is 118 Å². The highest BCUT2D eigenvalue weighted by atomic mass is 16.5. The zero-order valence-electron chi connectivity index (χ0n) is 11.8. The Balaban J connectivity index is 1.82. The molecule has 0 aliphatic rings. The van der Waals surface area contributed by atoms with Gasteiger partial charge in [-0.1, -0.05) is 30.2 Å². The molecule has 6 nitrogen and oxygen atoms in total. The van der Waals surface area contributed by atoms with Gasteiger partial charge in [0.25, 0.3) is 0 Å². The topological polar surface area (TPSA) is 72.2 Å². The number of ether oxygens (including phenoxy) is 1. The van der Waals surface area contributed by atoms with Gasteiger partial charge in [-0.25, -0.2) is 0 Å². The maximum absolute atomic E-state index is 5.45. The Morgan fingerprint density at radius 1 is 1.25 bits per heavy atom. The van der Waals surface area contributed by atoms with Gasteiger partial charge in [0, 0.05) is 6.54 Å². The van der Waals surface area contributed by atoms with Crippen LogP contribution in [0.15, 0.2) is 28.7 Å². The second-order valence-electron chi connectivity index (χ2n) is 4.27. The lowest BCUT2D eigenvalue weighted by molar-refractivity contribution is 0.410. The van der Waals surface area contributed by atoms with Crippen LogP contribution in [0.3, 0.4) is 0 Å². The number of anilines is 1. The summed E-state index contributed by atoms with van der Waals surface area (Å²) < 4.78 is 10.8. The van der Waals surface area contributed by atoms with E-state index < -0.39 is 0 Å². The molecule has 2 N–H and O–H groups in total. The number of nitrogens with one attached hydrogen (secondary N) is 2. The third kappa shape index (κ3) is 3.96. The van der Waals surface area contributed by atoms with E-state index in [-0.39, 0.29) is 0 Å². The molecule has 20 heavy (non-hydrogen) atoms. The Bertz CT molecular complexity index is 527. The molecule has 0 aliphatic heterocycles. The van der Waals surface area contributed by atoms with Crippen molar-refractivity contribution in [2.24, 2.45) is 0 Å². The van der Waals surface area contributed by atoms with Gasteiger partial charge in [0.1, 0.15) is 5.75 Å². The van der Waals surface area contributed by atoms with Gasteiger partial charge in [0.05, 0.1) is 13.7 Å². The number of nitrogens with zero attached hydrogens (tertiary/aromatic N) is 2. The molecule has 0 unspecified atom stereocenters. The molecule has 0 atom stereocenters. The Morgan fingerprint density at radius 2 is 2.10 bits per heavy atom. The standard InChI is InChI=1S/C14H20N4O2/c1-3-15-10-13-17-18-14(20-13)16-9-8-11-6-4-5-7-12(11)19-2/h4-7,15H,3,8-10H2,1-2H3,(H,16,18). The monoisotopic (exact) mass is 276 g/mol. The number of benzene rings is 1. The van der Waals surface area contributed by atoms with Gasteiger partial charge in [-0.3, -0.25) is 0 Å². The second kappa shape index (κ2) is 7.49. The predicted molar refractivity (Wildman–Crippen MR) is 76.9 cm³/mol. The number of aromatic nitrogens is 2. The van der Waals surface area contributed by atoms with E-state index >= 15 is 0 Å². The lowest BCUT2D eigenvalue weighted by atomic mass is 10.1. The molecule has 2 rings (SSSR count). The molecule has 2 aromatic rings. The number of para-hydroxylation sites is 1. The van der Waals surface area contributed by atoms with Crippen LogP contribution in [0.2, 0.25) is 0 Å². The molecular weight excluding hydrogens is 256 g/mol. The quantitative estimate of drug-likeness (QED) is 0.766. The summed E-state index contributed by atoms with van der Waals surface area (Å²) in [4.78, 5) is 0. The molecule has 1 heterocycles. The highest BCUT2D eigenvalue weighted by molar-refractivity contribution is 5.34. The van der Waals surface area contributed by atoms with Crippen LogP contribution < -0.4 is 15.4 Å². The van der Waals surface area contributed by atoms with Crippen LogP contribution in [-0.2, 0) is 13.0 Å². The van der Waals surface area contributed by atoms with Gasteiger partial charge >= 0.3 is 6.01 Å². The Morgan fingerprint density at radius 3 is 2.90 bits per heavy atom. The summed E-state index contributed by atoms with van der Waals surface area (Å²) in [6.07, 6.45) is 0.828. The van der Waals surface area contributed by atoms with E-state index in [0.717, 1.165) is 24.3 Å². The van der Waals surface area contributed by atoms with Crippen molar-refractivity contribution in [1.82, 2.24) is 15.5 Å². The SMILES string of the molecule is CCNCc1nnc(NCCc2ccccc2OC)o1. The summed E-state index contributed by atoms with van der Waals surface area (Å²) in [6.45, 7) is 4.21. The van der Waals surface area contributed by atoms with Gasteiger partial charge in [0.15, 0.2) is 0 Å². The summed E-state index contributed by atoms with van der Waals surface area (Å²) in [5.41, 5.74) is 1.15. The third-order valence-electron chi connectivity index (χ3n) is 2.86. The summed E-state index contributed by atoms with van der Waals surface area (Å²) >= 11 is 0. The number of methoxy groups -OCH3 is 1. The van der Waals surface area contributed by atoms with Crippen molar-refractivity contribution in [1.29, 1.82) is 0 Å². The lowest BCUT2D eigenvalue weighted by Crippen LogP contribution is -2.11. The van der Waals surface area contributed by atoms with E-state index in [0.29, 0.717) is 25.0 Å². The molecule has 0 aliphatic carbocycles. The molecule has 0 fully saturated rings. The first-order chi connectivity index (χ1) is 9.83. The minimum absolute atomic E-state index is 0.452. The molecule has 0 saturated carbocycles. The normalized spacial score (nSPS) is 10.5. The van der Waals surface area contributed by atoms with Crippen LogP contribution in [-0.4, -0.2) is 30.4 Å². The maximum atomic E-state index is 5.45. The number of rotatable bonds is 8. The van der Waals surface area contributed by atoms with Crippen molar-refractivity contribution in [3.63, 3.8) is 0 Å². The van der Waals surface area contributed by atoms with Crippen LogP contribution in [0.25, 0.3) is 0 Å². The average molecular weight is 276 g/mol. The first kappa shape index (κ1) is 14.3. The van der Waals surface area contributed by atoms with Crippen LogP contribution in [0, 0.1) is 0 Å². The van der Waals surface area contributed by atoms with E-state index in [2.05, 4.69) is 20.8 Å². The van der Waals surface area contributed by atoms with Crippen molar-refractivity contribution in [2.75, 3.05) is 25.5 Å². The molecule has 1 aromatic carbocycles. The van der Waals surface area contributed by atoms with Crippen molar-refractivity contribution in [2.45, 2.75) is 19.9 Å². The van der Waals surface area contributed by atoms with Crippen molar-refractivity contribution in [3.05, 3.63) is 35.7 Å². The van der Waals surface area contributed by atoms with E-state index in [1.54, 1.807) is 7.11 Å². The molecule has 6 heteroatoms. The summed E-state index contributed by atoms with van der Waals surface area (Å²) in [5, 5.41) is 14.1. The molecule has 0 spiro atoms. The predicted octanol–water partition coefficient (Wildman–Crippen LogP) is 1.84. The van der Waals surface area contributed by atoms with Crippen molar-refractivity contribution >= 4 is 6.01 Å². The van der Waals surface area contributed by atoms with Crippen LogP contribution >= 0.6 is 0 Å². The molecule has 1 aromatic heterocycles. The smallest absolute Gasteiger partial charge is 0.315 e. The minimum atomic E-state index is 0.452. The Kier molecular flexibility index (Phi) is 5.37. The zero-order chi connectivity index (χ0) is 14.2. The van der Waals surface area contributed by atoms with E-state index in [4.69, 9.17) is 9.15 Å². The highest BCUT2D eigenvalue weighted by Crippen LogP contribution is 2.17. The fourth-order valence-corrected chi connectivity index (χ4v) is 1.84. The number of hydrogen-bond donors (Lipinski definition) is 2. The minimum Gasteiger partial charge on any atom is -0.496 e. The van der Waals surface area contributed by atoms with Crippen LogP contribution in [0.4, 0.5) is 6.01 Å².